The number of carbonyl (C=O) groups is 1. The molecule has 1 aromatic rings. The lowest BCUT2D eigenvalue weighted by Gasteiger charge is -2.26. The maximum Gasteiger partial charge on any atom is 0.256 e. The van der Waals surface area contributed by atoms with E-state index in [1.165, 1.54) is 0 Å². The van der Waals surface area contributed by atoms with Crippen molar-refractivity contribution in [3.8, 4) is 0 Å². The van der Waals surface area contributed by atoms with Gasteiger partial charge >= 0.3 is 0 Å². The Hall–Kier alpha value is -1.36. The minimum atomic E-state index is 0.0133. The van der Waals surface area contributed by atoms with E-state index < -0.39 is 0 Å². The van der Waals surface area contributed by atoms with Gasteiger partial charge in [0.1, 0.15) is 0 Å². The van der Waals surface area contributed by atoms with Gasteiger partial charge in [-0.25, -0.2) is 0 Å². The van der Waals surface area contributed by atoms with Gasteiger partial charge in [0.2, 0.25) is 0 Å². The minimum absolute atomic E-state index is 0.0133. The molecule has 1 N–H and O–H groups in total. The van der Waals surface area contributed by atoms with Crippen LogP contribution >= 0.6 is 0 Å². The highest BCUT2D eigenvalue weighted by molar-refractivity contribution is 5.93. The van der Waals surface area contributed by atoms with Crippen molar-refractivity contribution >= 4 is 5.91 Å². The molecular formula is C11H17N3O2. The molecule has 0 aliphatic carbocycles. The molecule has 0 bridgehead atoms. The first-order chi connectivity index (χ1) is 7.77. The number of H-pyrrole nitrogens is 1. The van der Waals surface area contributed by atoms with Crippen molar-refractivity contribution < 1.29 is 9.53 Å². The molecule has 1 saturated heterocycles. The number of ether oxygens (including phenoxy) is 1. The van der Waals surface area contributed by atoms with Crippen LogP contribution in [0.15, 0.2) is 12.4 Å². The summed E-state index contributed by atoms with van der Waals surface area (Å²) in [6.45, 7) is 2.38. The van der Waals surface area contributed by atoms with Crippen molar-refractivity contribution in [2.24, 2.45) is 5.92 Å². The second kappa shape index (κ2) is 5.12. The molecule has 1 atom stereocenters. The van der Waals surface area contributed by atoms with Crippen molar-refractivity contribution in [2.45, 2.75) is 12.8 Å². The molecule has 16 heavy (non-hydrogen) atoms. The van der Waals surface area contributed by atoms with Gasteiger partial charge in [-0.1, -0.05) is 0 Å². The summed E-state index contributed by atoms with van der Waals surface area (Å²) in [6, 6.07) is 0. The zero-order valence-electron chi connectivity index (χ0n) is 9.48. The molecule has 0 radical (unpaired) electrons. The van der Waals surface area contributed by atoms with Gasteiger partial charge in [0.25, 0.3) is 5.91 Å². The second-order valence-corrected chi connectivity index (χ2v) is 4.26. The number of hydrogen-bond donors (Lipinski definition) is 1. The first-order valence-corrected chi connectivity index (χ1v) is 5.59. The molecule has 5 nitrogen and oxygen atoms in total. The Balaban J connectivity index is 1.87. The lowest BCUT2D eigenvalue weighted by molar-refractivity contribution is 0.0388. The van der Waals surface area contributed by atoms with Crippen LogP contribution in [0.5, 0.6) is 0 Å². The summed E-state index contributed by atoms with van der Waals surface area (Å²) in [6.07, 6.45) is 5.41. The number of aromatic amines is 1. The molecule has 5 heteroatoms. The topological polar surface area (TPSA) is 58.2 Å². The van der Waals surface area contributed by atoms with Gasteiger partial charge in [-0.3, -0.25) is 9.89 Å². The Bertz CT molecular complexity index is 331. The minimum Gasteiger partial charge on any atom is -0.381 e. The van der Waals surface area contributed by atoms with Crippen LogP contribution in [0.4, 0.5) is 0 Å². The predicted molar refractivity (Wildman–Crippen MR) is 59.1 cm³/mol. The van der Waals surface area contributed by atoms with Crippen LogP contribution in [-0.2, 0) is 4.74 Å². The monoisotopic (exact) mass is 223 g/mol. The molecule has 0 saturated carbocycles. The molecule has 0 spiro atoms. The molecule has 1 aliphatic heterocycles. The Morgan fingerprint density at radius 3 is 3.25 bits per heavy atom. The SMILES string of the molecule is CN(CC1CCCOC1)C(=O)c1cn[nH]c1. The molecule has 0 aromatic carbocycles. The van der Waals surface area contributed by atoms with Crippen molar-refractivity contribution in [3.63, 3.8) is 0 Å². The van der Waals surface area contributed by atoms with Crippen LogP contribution < -0.4 is 0 Å². The number of nitrogens with zero attached hydrogens (tertiary/aromatic N) is 2. The van der Waals surface area contributed by atoms with Crippen LogP contribution in [0.3, 0.4) is 0 Å². The van der Waals surface area contributed by atoms with E-state index in [2.05, 4.69) is 10.2 Å². The molecular weight excluding hydrogens is 206 g/mol. The van der Waals surface area contributed by atoms with Crippen molar-refractivity contribution in [2.75, 3.05) is 26.8 Å². The first kappa shape index (κ1) is 11.1. The van der Waals surface area contributed by atoms with E-state index in [4.69, 9.17) is 4.74 Å². The van der Waals surface area contributed by atoms with E-state index in [0.29, 0.717) is 11.5 Å². The van der Waals surface area contributed by atoms with Crippen LogP contribution in [0, 0.1) is 5.92 Å². The number of carbonyl (C=O) groups excluding carboxylic acids is 1. The lowest BCUT2D eigenvalue weighted by Crippen LogP contribution is -2.34. The number of aromatic nitrogens is 2. The zero-order valence-corrected chi connectivity index (χ0v) is 9.48. The molecule has 2 heterocycles. The number of rotatable bonds is 3. The maximum absolute atomic E-state index is 11.9. The molecule has 1 unspecified atom stereocenters. The summed E-state index contributed by atoms with van der Waals surface area (Å²) in [4.78, 5) is 13.6. The van der Waals surface area contributed by atoms with Gasteiger partial charge in [0.15, 0.2) is 0 Å². The number of hydrogen-bond acceptors (Lipinski definition) is 3. The van der Waals surface area contributed by atoms with Crippen LogP contribution in [0.2, 0.25) is 0 Å². The Morgan fingerprint density at radius 2 is 2.62 bits per heavy atom. The molecule has 1 aromatic heterocycles. The van der Waals surface area contributed by atoms with Gasteiger partial charge < -0.3 is 9.64 Å². The van der Waals surface area contributed by atoms with Gasteiger partial charge in [0, 0.05) is 26.4 Å². The van der Waals surface area contributed by atoms with Crippen molar-refractivity contribution in [3.05, 3.63) is 18.0 Å². The Morgan fingerprint density at radius 1 is 1.75 bits per heavy atom. The summed E-state index contributed by atoms with van der Waals surface area (Å²) >= 11 is 0. The summed E-state index contributed by atoms with van der Waals surface area (Å²) in [5, 5.41) is 6.42. The highest BCUT2D eigenvalue weighted by atomic mass is 16.5. The molecule has 1 aliphatic rings. The van der Waals surface area contributed by atoms with E-state index in [9.17, 15) is 4.79 Å². The van der Waals surface area contributed by atoms with Gasteiger partial charge in [0.05, 0.1) is 18.4 Å². The van der Waals surface area contributed by atoms with E-state index in [1.807, 2.05) is 7.05 Å². The maximum atomic E-state index is 11.9. The van der Waals surface area contributed by atoms with E-state index >= 15 is 0 Å². The molecule has 1 fully saturated rings. The standard InChI is InChI=1S/C11H17N3O2/c1-14(7-9-3-2-4-16-8-9)11(15)10-5-12-13-6-10/h5-6,9H,2-4,7-8H2,1H3,(H,12,13). The molecule has 1 amide bonds. The van der Waals surface area contributed by atoms with Gasteiger partial charge in [-0.2, -0.15) is 5.10 Å². The average molecular weight is 223 g/mol. The number of amides is 1. The van der Waals surface area contributed by atoms with Crippen molar-refractivity contribution in [1.29, 1.82) is 0 Å². The summed E-state index contributed by atoms with van der Waals surface area (Å²) in [5.74, 6) is 0.480. The summed E-state index contributed by atoms with van der Waals surface area (Å²) < 4.78 is 5.40. The lowest BCUT2D eigenvalue weighted by atomic mass is 10.0. The Kier molecular flexibility index (Phi) is 3.56. The molecule has 2 rings (SSSR count). The van der Waals surface area contributed by atoms with Crippen LogP contribution in [0.1, 0.15) is 23.2 Å². The van der Waals surface area contributed by atoms with E-state index in [-0.39, 0.29) is 5.91 Å². The zero-order chi connectivity index (χ0) is 11.4. The third-order valence-corrected chi connectivity index (χ3v) is 2.88. The largest absolute Gasteiger partial charge is 0.381 e. The van der Waals surface area contributed by atoms with Gasteiger partial charge in [-0.15, -0.1) is 0 Å². The van der Waals surface area contributed by atoms with Crippen LogP contribution in [-0.4, -0.2) is 47.8 Å². The highest BCUT2D eigenvalue weighted by Crippen LogP contribution is 2.15. The van der Waals surface area contributed by atoms with E-state index in [1.54, 1.807) is 17.3 Å². The van der Waals surface area contributed by atoms with Crippen LogP contribution in [0.25, 0.3) is 0 Å². The second-order valence-electron chi connectivity index (χ2n) is 4.26. The van der Waals surface area contributed by atoms with Crippen molar-refractivity contribution in [1.82, 2.24) is 15.1 Å². The normalized spacial score (nSPS) is 20.7. The average Bonchev–Trinajstić information content (AvgIpc) is 2.83. The fourth-order valence-electron chi connectivity index (χ4n) is 2.01. The predicted octanol–water partition coefficient (Wildman–Crippen LogP) is 0.908. The highest BCUT2D eigenvalue weighted by Gasteiger charge is 2.19. The van der Waals surface area contributed by atoms with Gasteiger partial charge in [-0.05, 0) is 18.8 Å². The Labute approximate surface area is 94.8 Å². The fraction of sp³-hybridized carbons (Fsp3) is 0.636. The fourth-order valence-corrected chi connectivity index (χ4v) is 2.01. The smallest absolute Gasteiger partial charge is 0.256 e. The third kappa shape index (κ3) is 2.61. The summed E-state index contributed by atoms with van der Waals surface area (Å²) in [5.41, 5.74) is 0.610. The van der Waals surface area contributed by atoms with E-state index in [0.717, 1.165) is 32.6 Å². The third-order valence-electron chi connectivity index (χ3n) is 2.88. The molecule has 88 valence electrons. The quantitative estimate of drug-likeness (QED) is 0.828. The first-order valence-electron chi connectivity index (χ1n) is 5.59. The summed E-state index contributed by atoms with van der Waals surface area (Å²) in [7, 11) is 1.82. The number of nitrogens with one attached hydrogen (secondary N) is 1.